The van der Waals surface area contributed by atoms with Crippen LogP contribution >= 0.6 is 0 Å². The topological polar surface area (TPSA) is 51.8 Å². The third-order valence-corrected chi connectivity index (χ3v) is 15.4. The summed E-state index contributed by atoms with van der Waals surface area (Å²) in [5.41, 5.74) is 18.3. The zero-order chi connectivity index (χ0) is 45.6. The van der Waals surface area contributed by atoms with Crippen LogP contribution in [0.5, 0.6) is 0 Å². The Labute approximate surface area is 401 Å². The Morgan fingerprint density at radius 2 is 1.13 bits per heavy atom. The number of hydrogen-bond acceptors (Lipinski definition) is 4. The third-order valence-electron chi connectivity index (χ3n) is 15.4. The number of aryl methyl sites for hydroxylation is 1. The average molecular weight is 886 g/mol. The highest BCUT2D eigenvalue weighted by Gasteiger charge is 2.38. The van der Waals surface area contributed by atoms with Crippen molar-refractivity contribution in [1.82, 2.24) is 15.0 Å². The maximum atomic E-state index is 6.79. The average Bonchev–Trinajstić information content (AvgIpc) is 3.69. The smallest absolute Gasteiger partial charge is 0.164 e. The largest absolute Gasteiger partial charge is 0.456 e. The Morgan fingerprint density at radius 3 is 2.00 bits per heavy atom. The molecule has 3 aliphatic rings. The molecule has 2 heterocycles. The van der Waals surface area contributed by atoms with Crippen LogP contribution in [0.2, 0.25) is 0 Å². The molecule has 0 amide bonds. The van der Waals surface area contributed by atoms with E-state index in [0.29, 0.717) is 23.4 Å². The Morgan fingerprint density at radius 1 is 0.449 bits per heavy atom. The molecular formula is C65H47N3O. The summed E-state index contributed by atoms with van der Waals surface area (Å²) in [6, 6.07) is 70.8. The lowest BCUT2D eigenvalue weighted by molar-refractivity contribution is 0.481. The second-order valence-electron chi connectivity index (χ2n) is 19.4. The molecule has 0 saturated heterocycles. The lowest BCUT2D eigenvalue weighted by atomic mass is 9.71. The van der Waals surface area contributed by atoms with Crippen LogP contribution < -0.4 is 0 Å². The summed E-state index contributed by atoms with van der Waals surface area (Å²) in [4.78, 5) is 16.6. The number of hydrogen-bond donors (Lipinski definition) is 0. The van der Waals surface area contributed by atoms with Gasteiger partial charge in [0.25, 0.3) is 0 Å². The van der Waals surface area contributed by atoms with Gasteiger partial charge in [0.15, 0.2) is 17.5 Å². The van der Waals surface area contributed by atoms with Gasteiger partial charge in [0.1, 0.15) is 11.3 Å². The van der Waals surface area contributed by atoms with Crippen LogP contribution in [0.3, 0.4) is 0 Å². The summed E-state index contributed by atoms with van der Waals surface area (Å²) in [7, 11) is 0. The maximum absolute atomic E-state index is 6.79. The predicted octanol–water partition coefficient (Wildman–Crippen LogP) is 16.4. The van der Waals surface area contributed by atoms with Crippen LogP contribution in [-0.2, 0) is 19.3 Å². The molecule has 0 aliphatic heterocycles. The summed E-state index contributed by atoms with van der Waals surface area (Å²) in [5.74, 6) is 3.41. The zero-order valence-electron chi connectivity index (χ0n) is 38.4. The van der Waals surface area contributed by atoms with Gasteiger partial charge in [-0.05, 0) is 151 Å². The second kappa shape index (κ2) is 16.0. The first kappa shape index (κ1) is 39.9. The van der Waals surface area contributed by atoms with Crippen LogP contribution in [0.25, 0.3) is 100 Å². The Balaban J connectivity index is 1.00. The molecule has 69 heavy (non-hydrogen) atoms. The molecular weight excluding hydrogens is 839 g/mol. The van der Waals surface area contributed by atoms with Gasteiger partial charge in [-0.3, -0.25) is 0 Å². The summed E-state index contributed by atoms with van der Waals surface area (Å²) in [6.07, 6.45) is 5.99. The highest BCUT2D eigenvalue weighted by Crippen LogP contribution is 2.52. The van der Waals surface area contributed by atoms with E-state index >= 15 is 0 Å². The Kier molecular flexibility index (Phi) is 9.23. The normalized spacial score (nSPS) is 17.1. The highest BCUT2D eigenvalue weighted by molar-refractivity contribution is 5.98. The molecule has 0 N–H and O–H groups in total. The molecule has 0 radical (unpaired) electrons. The maximum Gasteiger partial charge on any atom is 0.164 e. The van der Waals surface area contributed by atoms with Crippen LogP contribution in [0.15, 0.2) is 199 Å². The molecule has 3 unspecified atom stereocenters. The van der Waals surface area contributed by atoms with Crippen molar-refractivity contribution >= 4 is 44.2 Å². The van der Waals surface area contributed by atoms with Gasteiger partial charge < -0.3 is 4.42 Å². The second-order valence-corrected chi connectivity index (χ2v) is 19.4. The summed E-state index contributed by atoms with van der Waals surface area (Å²) in [6.45, 7) is 2.34. The van der Waals surface area contributed by atoms with Gasteiger partial charge in [-0.25, -0.2) is 15.0 Å². The van der Waals surface area contributed by atoms with Crippen molar-refractivity contribution < 1.29 is 4.42 Å². The molecule has 2 aromatic heterocycles. The number of fused-ring (bicyclic) bond motifs is 12. The van der Waals surface area contributed by atoms with Gasteiger partial charge >= 0.3 is 0 Å². The lowest BCUT2D eigenvalue weighted by Gasteiger charge is -2.33. The van der Waals surface area contributed by atoms with E-state index in [9.17, 15) is 0 Å². The quantitative estimate of drug-likeness (QED) is 0.173. The zero-order valence-corrected chi connectivity index (χ0v) is 38.4. The molecule has 328 valence electrons. The summed E-state index contributed by atoms with van der Waals surface area (Å²) < 4.78 is 6.79. The van der Waals surface area contributed by atoms with E-state index in [1.165, 1.54) is 77.0 Å². The van der Waals surface area contributed by atoms with Gasteiger partial charge in [0.2, 0.25) is 0 Å². The molecule has 0 spiro atoms. The lowest BCUT2D eigenvalue weighted by Crippen LogP contribution is -2.22. The van der Waals surface area contributed by atoms with Crippen molar-refractivity contribution in [3.63, 3.8) is 0 Å². The molecule has 0 fully saturated rings. The van der Waals surface area contributed by atoms with E-state index in [1.54, 1.807) is 0 Å². The van der Waals surface area contributed by atoms with Crippen LogP contribution in [0.1, 0.15) is 64.6 Å². The van der Waals surface area contributed by atoms with Crippen molar-refractivity contribution in [1.29, 1.82) is 0 Å². The molecule has 0 bridgehead atoms. The molecule has 0 saturated carbocycles. The van der Waals surface area contributed by atoms with Crippen molar-refractivity contribution in [2.75, 3.05) is 0 Å². The number of para-hydroxylation sites is 1. The van der Waals surface area contributed by atoms with E-state index in [0.717, 1.165) is 64.9 Å². The molecule has 14 rings (SSSR count). The van der Waals surface area contributed by atoms with Gasteiger partial charge in [-0.1, -0.05) is 177 Å². The first-order valence-corrected chi connectivity index (χ1v) is 24.5. The number of rotatable bonds is 5. The minimum atomic E-state index is 0.0191. The standard InChI is InChI=1S/C65H47N3O/c1-39-32-45-19-8-9-22-49(45)51-29-28-48(36-55(39)51)64-66-63(47-21-13-20-42(34-47)40-14-3-2-4-15-40)67-65(68-64)59-38-61-58(52-24-11-12-25-60(52)69-61)37-57(59)54-31-27-46-33-43-17-5-6-18-44(43)35-56(46)53-30-26-41-16-7-10-23-50(41)62(53)54/h2-26,28-30,33-36,38-39,54,57H,27,31-32,37H2,1H3. The number of furan rings is 1. The Hall–Kier alpha value is -8.21. The Bertz CT molecular complexity index is 3900. The number of benzene rings is 9. The van der Waals surface area contributed by atoms with E-state index in [1.807, 2.05) is 0 Å². The third kappa shape index (κ3) is 6.69. The number of aromatic nitrogens is 3. The van der Waals surface area contributed by atoms with Crippen molar-refractivity contribution in [3.05, 3.63) is 234 Å². The fourth-order valence-electron chi connectivity index (χ4n) is 12.1. The molecule has 4 nitrogen and oxygen atoms in total. The van der Waals surface area contributed by atoms with E-state index < -0.39 is 0 Å². The van der Waals surface area contributed by atoms with Crippen molar-refractivity contribution in [3.8, 4) is 56.2 Å². The monoisotopic (exact) mass is 885 g/mol. The van der Waals surface area contributed by atoms with E-state index in [-0.39, 0.29) is 11.8 Å². The SMILES string of the molecule is CC1Cc2ccccc2-c2ccc(-c3nc(C4=Cc5oc6ccccc6c5CC4C4CCc5cc6ccccc6cc5-c5ccc6ccccc6c54)nc(-c4cccc(-c5ccccc5)c4)n3)cc21. The van der Waals surface area contributed by atoms with Gasteiger partial charge in [0, 0.05) is 27.6 Å². The highest BCUT2D eigenvalue weighted by atomic mass is 16.3. The fraction of sp³-hybridized carbons (Fsp3) is 0.123. The fourth-order valence-corrected chi connectivity index (χ4v) is 12.1. The molecule has 3 aliphatic carbocycles. The van der Waals surface area contributed by atoms with Crippen LogP contribution in [0.4, 0.5) is 0 Å². The molecule has 11 aromatic rings. The number of allylic oxidation sites excluding steroid dienone is 1. The van der Waals surface area contributed by atoms with E-state index in [2.05, 4.69) is 207 Å². The van der Waals surface area contributed by atoms with Crippen molar-refractivity contribution in [2.24, 2.45) is 5.92 Å². The first-order chi connectivity index (χ1) is 34.1. The van der Waals surface area contributed by atoms with E-state index in [4.69, 9.17) is 19.4 Å². The van der Waals surface area contributed by atoms with Crippen molar-refractivity contribution in [2.45, 2.75) is 44.4 Å². The first-order valence-electron chi connectivity index (χ1n) is 24.5. The summed E-state index contributed by atoms with van der Waals surface area (Å²) in [5, 5.41) is 6.29. The molecule has 9 aromatic carbocycles. The molecule has 4 heteroatoms. The molecule has 3 atom stereocenters. The van der Waals surface area contributed by atoms with Gasteiger partial charge in [-0.2, -0.15) is 0 Å². The van der Waals surface area contributed by atoms with Gasteiger partial charge in [0.05, 0.1) is 0 Å². The predicted molar refractivity (Wildman–Crippen MR) is 283 cm³/mol. The van der Waals surface area contributed by atoms with Crippen LogP contribution in [-0.4, -0.2) is 15.0 Å². The van der Waals surface area contributed by atoms with Crippen LogP contribution in [0, 0.1) is 5.92 Å². The number of nitrogens with zero attached hydrogens (tertiary/aromatic N) is 3. The minimum absolute atomic E-state index is 0.0191. The minimum Gasteiger partial charge on any atom is -0.456 e. The summed E-state index contributed by atoms with van der Waals surface area (Å²) >= 11 is 0. The van der Waals surface area contributed by atoms with Gasteiger partial charge in [-0.15, -0.1) is 0 Å².